The summed E-state index contributed by atoms with van der Waals surface area (Å²) in [6.07, 6.45) is -3.40. The predicted molar refractivity (Wildman–Crippen MR) is 142 cm³/mol. The van der Waals surface area contributed by atoms with Crippen LogP contribution >= 0.6 is 0 Å². The van der Waals surface area contributed by atoms with Gasteiger partial charge in [0.05, 0.1) is 43.0 Å². The van der Waals surface area contributed by atoms with Gasteiger partial charge in [-0.3, -0.25) is 4.79 Å². The van der Waals surface area contributed by atoms with Gasteiger partial charge in [0.2, 0.25) is 0 Å². The molecule has 38 heavy (non-hydrogen) atoms. The molecule has 3 fully saturated rings. The van der Waals surface area contributed by atoms with Crippen LogP contribution in [-0.4, -0.2) is 105 Å². The second kappa shape index (κ2) is 12.9. The molecule has 0 saturated carbocycles. The summed E-state index contributed by atoms with van der Waals surface area (Å²) in [5.74, 6) is -0.255. The van der Waals surface area contributed by atoms with E-state index in [1.165, 1.54) is 0 Å². The van der Waals surface area contributed by atoms with Gasteiger partial charge in [0, 0.05) is 20.0 Å². The third-order valence-electron chi connectivity index (χ3n) is 8.09. The molecular formula is C27H50O10Si. The van der Waals surface area contributed by atoms with E-state index in [2.05, 4.69) is 27.7 Å². The SMILES string of the molecule is CO[Si](O[C@@H]1[C@@H]2O[C@H]3CC[C@H](CCOC(=O)C(C)(C)C)O[C@@H]3[C@@H](O)[C@@H]2O[C@@H]1CC(O)CO)(C(C)C)C(C)C. The molecule has 3 saturated heterocycles. The van der Waals surface area contributed by atoms with Crippen LogP contribution < -0.4 is 0 Å². The van der Waals surface area contributed by atoms with E-state index in [9.17, 15) is 20.1 Å². The molecule has 3 aliphatic rings. The minimum Gasteiger partial charge on any atom is -0.465 e. The molecule has 9 atom stereocenters. The lowest BCUT2D eigenvalue weighted by atomic mass is 9.88. The molecule has 3 aliphatic heterocycles. The highest BCUT2D eigenvalue weighted by molar-refractivity contribution is 6.70. The van der Waals surface area contributed by atoms with Gasteiger partial charge in [-0.1, -0.05) is 27.7 Å². The van der Waals surface area contributed by atoms with Gasteiger partial charge >= 0.3 is 14.5 Å². The second-order valence-corrected chi connectivity index (χ2v) is 17.0. The van der Waals surface area contributed by atoms with Crippen molar-refractivity contribution in [1.82, 2.24) is 0 Å². The summed E-state index contributed by atoms with van der Waals surface area (Å²) in [6.45, 7) is 13.6. The molecule has 10 nitrogen and oxygen atoms in total. The number of hydrogen-bond acceptors (Lipinski definition) is 10. The van der Waals surface area contributed by atoms with Crippen LogP contribution in [-0.2, 0) is 32.6 Å². The lowest BCUT2D eigenvalue weighted by Gasteiger charge is -2.47. The van der Waals surface area contributed by atoms with Crippen molar-refractivity contribution < 1.29 is 47.9 Å². The average molecular weight is 563 g/mol. The Labute approximate surface area is 228 Å². The summed E-state index contributed by atoms with van der Waals surface area (Å²) in [5, 5.41) is 31.2. The minimum atomic E-state index is -2.74. The van der Waals surface area contributed by atoms with Crippen molar-refractivity contribution >= 4 is 14.5 Å². The Morgan fingerprint density at radius 3 is 2.24 bits per heavy atom. The topological polar surface area (TPSA) is 133 Å². The molecular weight excluding hydrogens is 512 g/mol. The molecule has 1 unspecified atom stereocenters. The largest absolute Gasteiger partial charge is 0.465 e. The minimum absolute atomic E-state index is 0.141. The van der Waals surface area contributed by atoms with Gasteiger partial charge in [0.25, 0.3) is 0 Å². The first-order chi connectivity index (χ1) is 17.7. The Hall–Kier alpha value is -0.633. The monoisotopic (exact) mass is 562 g/mol. The Balaban J connectivity index is 1.74. The second-order valence-electron chi connectivity index (χ2n) is 12.6. The van der Waals surface area contributed by atoms with E-state index < -0.39 is 63.3 Å². The number of aliphatic hydroxyl groups excluding tert-OH is 3. The number of hydrogen-bond donors (Lipinski definition) is 3. The van der Waals surface area contributed by atoms with Crippen LogP contribution in [0.2, 0.25) is 11.1 Å². The molecule has 3 N–H and O–H groups in total. The predicted octanol–water partition coefficient (Wildman–Crippen LogP) is 2.45. The van der Waals surface area contributed by atoms with Crippen LogP contribution in [0.1, 0.15) is 74.1 Å². The smallest absolute Gasteiger partial charge is 0.343 e. The Morgan fingerprint density at radius 2 is 1.68 bits per heavy atom. The van der Waals surface area contributed by atoms with E-state index in [-0.39, 0.29) is 42.3 Å². The van der Waals surface area contributed by atoms with Crippen LogP contribution in [0, 0.1) is 5.41 Å². The van der Waals surface area contributed by atoms with Gasteiger partial charge in [-0.25, -0.2) is 0 Å². The molecule has 0 aromatic rings. The van der Waals surface area contributed by atoms with Crippen molar-refractivity contribution in [1.29, 1.82) is 0 Å². The maximum absolute atomic E-state index is 12.1. The summed E-state index contributed by atoms with van der Waals surface area (Å²) >= 11 is 0. The molecule has 0 amide bonds. The molecule has 3 heterocycles. The molecule has 222 valence electrons. The van der Waals surface area contributed by atoms with Gasteiger partial charge in [-0.2, -0.15) is 0 Å². The van der Waals surface area contributed by atoms with Gasteiger partial charge in [-0.15, -0.1) is 0 Å². The third-order valence-corrected chi connectivity index (χ3v) is 12.6. The highest BCUT2D eigenvalue weighted by Gasteiger charge is 2.60. The van der Waals surface area contributed by atoms with Crippen LogP contribution in [0.3, 0.4) is 0 Å². The quantitative estimate of drug-likeness (QED) is 0.255. The van der Waals surface area contributed by atoms with Gasteiger partial charge in [0.1, 0.15) is 30.5 Å². The summed E-state index contributed by atoms with van der Waals surface area (Å²) in [5.41, 5.74) is -0.279. The molecule has 0 bridgehead atoms. The maximum Gasteiger partial charge on any atom is 0.343 e. The number of aliphatic hydroxyl groups is 3. The van der Waals surface area contributed by atoms with Crippen molar-refractivity contribution in [2.24, 2.45) is 5.41 Å². The first-order valence-corrected chi connectivity index (χ1v) is 16.1. The van der Waals surface area contributed by atoms with Crippen LogP contribution in [0.15, 0.2) is 0 Å². The summed E-state index contributed by atoms with van der Waals surface area (Å²) in [7, 11) is -1.06. The molecule has 0 radical (unpaired) electrons. The van der Waals surface area contributed by atoms with Crippen molar-refractivity contribution in [3.8, 4) is 0 Å². The maximum atomic E-state index is 12.1. The van der Waals surface area contributed by atoms with E-state index >= 15 is 0 Å². The van der Waals surface area contributed by atoms with Gasteiger partial charge in [0.15, 0.2) is 0 Å². The highest BCUT2D eigenvalue weighted by Crippen LogP contribution is 2.44. The zero-order valence-corrected chi connectivity index (χ0v) is 25.3. The summed E-state index contributed by atoms with van der Waals surface area (Å²) in [4.78, 5) is 12.1. The fourth-order valence-corrected chi connectivity index (χ4v) is 9.60. The van der Waals surface area contributed by atoms with Gasteiger partial charge < -0.3 is 43.1 Å². The summed E-state index contributed by atoms with van der Waals surface area (Å²) < 4.78 is 37.4. The lowest BCUT2D eigenvalue weighted by molar-refractivity contribution is -0.260. The Bertz CT molecular complexity index is 763. The standard InChI is InChI=1S/C27H50O10Si/c1-15(2)38(32-8,16(3)4)37-23-20(13-17(29)14-28)36-24-21(30)22-19(35-25(23)24)10-9-18(34-22)11-12-33-26(31)27(5,6)7/h15-25,28-30H,9-14H2,1-8H3/t17?,18-,19+,20-,21-,22+,23+,24+,25+/m1/s1. The third kappa shape index (κ3) is 6.80. The van der Waals surface area contributed by atoms with Crippen molar-refractivity contribution in [3.05, 3.63) is 0 Å². The molecule has 11 heteroatoms. The number of ether oxygens (including phenoxy) is 4. The van der Waals surface area contributed by atoms with E-state index in [1.54, 1.807) is 7.11 Å². The number of fused-ring (bicyclic) bond motifs is 2. The van der Waals surface area contributed by atoms with E-state index in [0.717, 1.165) is 0 Å². The van der Waals surface area contributed by atoms with E-state index in [4.69, 9.17) is 27.8 Å². The van der Waals surface area contributed by atoms with Crippen molar-refractivity contribution in [2.75, 3.05) is 20.3 Å². The normalized spacial score (nSPS) is 34.8. The zero-order valence-electron chi connectivity index (χ0n) is 24.3. The van der Waals surface area contributed by atoms with Crippen molar-refractivity contribution in [3.63, 3.8) is 0 Å². The number of carbonyl (C=O) groups excluding carboxylic acids is 1. The van der Waals surface area contributed by atoms with Crippen molar-refractivity contribution in [2.45, 2.75) is 140 Å². The number of carbonyl (C=O) groups is 1. The summed E-state index contributed by atoms with van der Waals surface area (Å²) in [6, 6.07) is 0. The van der Waals surface area contributed by atoms with E-state index in [1.807, 2.05) is 20.8 Å². The molecule has 0 aromatic carbocycles. The van der Waals surface area contributed by atoms with Crippen LogP contribution in [0.25, 0.3) is 0 Å². The fraction of sp³-hybridized carbons (Fsp3) is 0.963. The number of rotatable bonds is 11. The molecule has 3 rings (SSSR count). The number of esters is 1. The first kappa shape index (κ1) is 31.9. The first-order valence-electron chi connectivity index (χ1n) is 14.1. The van der Waals surface area contributed by atoms with E-state index in [0.29, 0.717) is 19.3 Å². The Kier molecular flexibility index (Phi) is 10.8. The van der Waals surface area contributed by atoms with Gasteiger partial charge in [-0.05, 0) is 44.7 Å². The lowest BCUT2D eigenvalue weighted by Crippen LogP contribution is -2.62. The fourth-order valence-electron chi connectivity index (χ4n) is 5.97. The van der Waals surface area contributed by atoms with Crippen LogP contribution in [0.5, 0.6) is 0 Å². The average Bonchev–Trinajstić information content (AvgIpc) is 3.18. The highest BCUT2D eigenvalue weighted by atomic mass is 28.4. The Morgan fingerprint density at radius 1 is 1.03 bits per heavy atom. The zero-order chi connectivity index (χ0) is 28.4. The molecule has 0 aliphatic carbocycles. The molecule has 0 aromatic heterocycles. The molecule has 0 spiro atoms. The van der Waals surface area contributed by atoms with Crippen LogP contribution in [0.4, 0.5) is 0 Å².